The number of piperidine rings is 1. The Hall–Kier alpha value is -2.24. The second-order valence-electron chi connectivity index (χ2n) is 6.68. The van der Waals surface area contributed by atoms with Crippen molar-refractivity contribution in [3.63, 3.8) is 0 Å². The van der Waals surface area contributed by atoms with Crippen LogP contribution < -0.4 is 10.5 Å². The minimum Gasteiger partial charge on any atom is -0.342 e. The molecular weight excluding hydrogens is 292 g/mol. The Labute approximate surface area is 133 Å². The van der Waals surface area contributed by atoms with E-state index in [0.29, 0.717) is 29.0 Å². The molecule has 6 nitrogen and oxygen atoms in total. The van der Waals surface area contributed by atoms with Gasteiger partial charge in [-0.25, -0.2) is 4.98 Å². The summed E-state index contributed by atoms with van der Waals surface area (Å²) in [4.78, 5) is 38.5. The number of carbonyl (C=O) groups is 1. The van der Waals surface area contributed by atoms with Gasteiger partial charge in [-0.1, -0.05) is 6.92 Å². The number of pyridine rings is 1. The maximum Gasteiger partial charge on any atom is 0.262 e. The van der Waals surface area contributed by atoms with E-state index in [-0.39, 0.29) is 11.3 Å². The van der Waals surface area contributed by atoms with Crippen molar-refractivity contribution in [2.75, 3.05) is 18.0 Å². The van der Waals surface area contributed by atoms with Crippen LogP contribution in [-0.2, 0) is 6.42 Å². The van der Waals surface area contributed by atoms with Crippen LogP contribution in [0.5, 0.6) is 0 Å². The highest BCUT2D eigenvalue weighted by atomic mass is 16.1. The summed E-state index contributed by atoms with van der Waals surface area (Å²) in [5, 5.41) is 0.490. The van der Waals surface area contributed by atoms with Crippen LogP contribution in [0.3, 0.4) is 0 Å². The van der Waals surface area contributed by atoms with Gasteiger partial charge in [0.1, 0.15) is 0 Å². The molecule has 1 aliphatic carbocycles. The molecule has 0 unspecified atom stereocenters. The molecule has 0 spiro atoms. The summed E-state index contributed by atoms with van der Waals surface area (Å²) in [5.41, 5.74) is 1.69. The lowest BCUT2D eigenvalue weighted by molar-refractivity contribution is 0.0972. The molecule has 0 atom stereocenters. The van der Waals surface area contributed by atoms with E-state index in [1.165, 1.54) is 0 Å². The lowest BCUT2D eigenvalue weighted by Gasteiger charge is -2.30. The predicted octanol–water partition coefficient (Wildman–Crippen LogP) is 2.07. The molecule has 6 heteroatoms. The Kier molecular flexibility index (Phi) is 3.39. The zero-order valence-electron chi connectivity index (χ0n) is 13.3. The lowest BCUT2D eigenvalue weighted by Crippen LogP contribution is -2.35. The summed E-state index contributed by atoms with van der Waals surface area (Å²) in [6, 6.07) is 0. The van der Waals surface area contributed by atoms with E-state index in [2.05, 4.69) is 26.8 Å². The summed E-state index contributed by atoms with van der Waals surface area (Å²) in [5.74, 6) is 1.40. The van der Waals surface area contributed by atoms with Gasteiger partial charge in [0, 0.05) is 31.3 Å². The van der Waals surface area contributed by atoms with Gasteiger partial charge in [0.2, 0.25) is 5.95 Å². The number of hydrogen-bond acceptors (Lipinski definition) is 5. The topological polar surface area (TPSA) is 79.0 Å². The average Bonchev–Trinajstić information content (AvgIpc) is 2.55. The van der Waals surface area contributed by atoms with Crippen LogP contribution in [-0.4, -0.2) is 33.8 Å². The molecule has 2 aromatic rings. The van der Waals surface area contributed by atoms with Gasteiger partial charge in [0.05, 0.1) is 5.39 Å². The van der Waals surface area contributed by atoms with Crippen molar-refractivity contribution in [3.05, 3.63) is 27.7 Å². The maximum atomic E-state index is 12.6. The number of hydrogen-bond donors (Lipinski definition) is 1. The number of anilines is 1. The number of aromatic amines is 1. The highest BCUT2D eigenvalue weighted by Crippen LogP contribution is 2.26. The second kappa shape index (κ2) is 5.44. The Morgan fingerprint density at radius 2 is 2.00 bits per heavy atom. The number of rotatable bonds is 1. The average molecular weight is 312 g/mol. The van der Waals surface area contributed by atoms with E-state index in [4.69, 9.17) is 0 Å². The summed E-state index contributed by atoms with van der Waals surface area (Å²) in [6.07, 6.45) is 5.87. The number of aromatic nitrogens is 3. The zero-order valence-corrected chi connectivity index (χ0v) is 13.3. The maximum absolute atomic E-state index is 12.6. The first-order valence-corrected chi connectivity index (χ1v) is 8.33. The molecule has 1 saturated heterocycles. The zero-order chi connectivity index (χ0) is 16.0. The Morgan fingerprint density at radius 1 is 1.22 bits per heavy atom. The normalized spacial score (nSPS) is 19.2. The van der Waals surface area contributed by atoms with Crippen LogP contribution >= 0.6 is 0 Å². The molecule has 120 valence electrons. The Morgan fingerprint density at radius 3 is 2.78 bits per heavy atom. The summed E-state index contributed by atoms with van der Waals surface area (Å²) in [7, 11) is 0. The number of fused-ring (bicyclic) bond motifs is 3. The van der Waals surface area contributed by atoms with Gasteiger partial charge < -0.3 is 4.90 Å². The largest absolute Gasteiger partial charge is 0.342 e. The van der Waals surface area contributed by atoms with E-state index in [9.17, 15) is 9.59 Å². The van der Waals surface area contributed by atoms with Crippen LogP contribution in [0.1, 0.15) is 48.5 Å². The molecular formula is C17H20N4O2. The van der Waals surface area contributed by atoms with Gasteiger partial charge in [0.15, 0.2) is 11.4 Å². The molecule has 2 aromatic heterocycles. The van der Waals surface area contributed by atoms with E-state index in [1.807, 2.05) is 0 Å². The predicted molar refractivity (Wildman–Crippen MR) is 88.0 cm³/mol. The summed E-state index contributed by atoms with van der Waals surface area (Å²) < 4.78 is 0. The molecule has 1 aliphatic heterocycles. The van der Waals surface area contributed by atoms with Gasteiger partial charge in [-0.05, 0) is 37.2 Å². The SMILES string of the molecule is CC1CCN(c2nc3ncc4c(c3c(=O)[nH]2)CCCC4=O)CC1. The van der Waals surface area contributed by atoms with E-state index in [0.717, 1.165) is 50.3 Å². The number of Topliss-reactive ketones (excluding diaryl/α,β-unsaturated/α-hetero) is 1. The number of H-pyrrole nitrogens is 1. The highest BCUT2D eigenvalue weighted by molar-refractivity contribution is 6.01. The number of nitrogens with one attached hydrogen (secondary N) is 1. The summed E-state index contributed by atoms with van der Waals surface area (Å²) >= 11 is 0. The van der Waals surface area contributed by atoms with E-state index < -0.39 is 0 Å². The molecule has 1 fully saturated rings. The van der Waals surface area contributed by atoms with E-state index in [1.54, 1.807) is 6.20 Å². The molecule has 1 N–H and O–H groups in total. The van der Waals surface area contributed by atoms with Gasteiger partial charge in [-0.2, -0.15) is 4.98 Å². The fourth-order valence-electron chi connectivity index (χ4n) is 3.58. The van der Waals surface area contributed by atoms with Crippen LogP contribution in [0.25, 0.3) is 11.0 Å². The minimum atomic E-state index is -0.178. The number of aryl methyl sites for hydroxylation is 1. The van der Waals surface area contributed by atoms with Crippen molar-refractivity contribution in [1.82, 2.24) is 15.0 Å². The summed E-state index contributed by atoms with van der Waals surface area (Å²) in [6.45, 7) is 4.05. The van der Waals surface area contributed by atoms with Crippen LogP contribution in [0, 0.1) is 5.92 Å². The van der Waals surface area contributed by atoms with Gasteiger partial charge in [-0.15, -0.1) is 0 Å². The molecule has 0 aromatic carbocycles. The molecule has 0 radical (unpaired) electrons. The third-order valence-corrected chi connectivity index (χ3v) is 5.04. The van der Waals surface area contributed by atoms with Crippen LogP contribution in [0.2, 0.25) is 0 Å². The number of nitrogens with zero attached hydrogens (tertiary/aromatic N) is 3. The second-order valence-corrected chi connectivity index (χ2v) is 6.68. The molecule has 23 heavy (non-hydrogen) atoms. The van der Waals surface area contributed by atoms with Crippen molar-refractivity contribution in [2.45, 2.75) is 39.0 Å². The third kappa shape index (κ3) is 2.42. The first kappa shape index (κ1) is 14.4. The molecule has 0 saturated carbocycles. The first-order valence-electron chi connectivity index (χ1n) is 8.33. The smallest absolute Gasteiger partial charge is 0.262 e. The Balaban J connectivity index is 1.82. The molecule has 2 aliphatic rings. The first-order chi connectivity index (χ1) is 11.1. The van der Waals surface area contributed by atoms with Crippen LogP contribution in [0.4, 0.5) is 5.95 Å². The third-order valence-electron chi connectivity index (χ3n) is 5.04. The van der Waals surface area contributed by atoms with Crippen LogP contribution in [0.15, 0.2) is 11.0 Å². The van der Waals surface area contributed by atoms with Crippen molar-refractivity contribution in [2.24, 2.45) is 5.92 Å². The molecule has 3 heterocycles. The van der Waals surface area contributed by atoms with Crippen molar-refractivity contribution < 1.29 is 4.79 Å². The van der Waals surface area contributed by atoms with Crippen molar-refractivity contribution in [3.8, 4) is 0 Å². The molecule has 0 bridgehead atoms. The van der Waals surface area contributed by atoms with Gasteiger partial charge in [0.25, 0.3) is 5.56 Å². The quantitative estimate of drug-likeness (QED) is 0.872. The molecule has 4 rings (SSSR count). The minimum absolute atomic E-state index is 0.0779. The van der Waals surface area contributed by atoms with Crippen molar-refractivity contribution >= 4 is 22.8 Å². The van der Waals surface area contributed by atoms with Gasteiger partial charge in [-0.3, -0.25) is 14.6 Å². The fraction of sp³-hybridized carbons (Fsp3) is 0.529. The van der Waals surface area contributed by atoms with E-state index >= 15 is 0 Å². The number of carbonyl (C=O) groups excluding carboxylic acids is 1. The monoisotopic (exact) mass is 312 g/mol. The highest BCUT2D eigenvalue weighted by Gasteiger charge is 2.24. The lowest BCUT2D eigenvalue weighted by atomic mass is 9.90. The van der Waals surface area contributed by atoms with Crippen molar-refractivity contribution in [1.29, 1.82) is 0 Å². The standard InChI is InChI=1S/C17H20N4O2/c1-10-5-7-21(8-6-10)17-19-15-14(16(23)20-17)11-3-2-4-13(22)12(11)9-18-15/h9-10H,2-8H2,1H3,(H,18,19,20,23). The van der Waals surface area contributed by atoms with Gasteiger partial charge >= 0.3 is 0 Å². The number of ketones is 1. The molecule has 0 amide bonds. The fourth-order valence-corrected chi connectivity index (χ4v) is 3.58. The Bertz CT molecular complexity index is 834.